The molecule has 2 aliphatic heterocycles. The third kappa shape index (κ3) is 2.16. The number of fused-ring (bicyclic) bond motifs is 5. The van der Waals surface area contributed by atoms with Crippen LogP contribution in [0.15, 0.2) is 59.4 Å². The Morgan fingerprint density at radius 3 is 1.87 bits per heavy atom. The van der Waals surface area contributed by atoms with E-state index in [-0.39, 0.29) is 11.2 Å². The van der Waals surface area contributed by atoms with Crippen LogP contribution in [0.3, 0.4) is 0 Å². The summed E-state index contributed by atoms with van der Waals surface area (Å²) in [4.78, 5) is 0. The molecule has 162 valence electrons. The smallest absolute Gasteiger partial charge is 0.407 e. The van der Waals surface area contributed by atoms with Crippen molar-refractivity contribution in [3.8, 4) is 11.1 Å². The van der Waals surface area contributed by atoms with E-state index in [2.05, 4.69) is 39.0 Å². The standard InChI is InChI=1S/C27H28F2O2/c1-15-17(3)30-26(24(15,4)5)20-13-9-8-11-18(20)22-19(12-10-14-21(22)26)23-16(2)25(6,7)27(28,29)31-23/h8-14H,1-7H3. The van der Waals surface area contributed by atoms with Crippen molar-refractivity contribution in [2.24, 2.45) is 10.8 Å². The molecule has 0 saturated heterocycles. The van der Waals surface area contributed by atoms with Gasteiger partial charge >= 0.3 is 6.11 Å². The van der Waals surface area contributed by atoms with Crippen LogP contribution in [0, 0.1) is 10.8 Å². The molecule has 2 aromatic carbocycles. The normalized spacial score (nSPS) is 26.7. The van der Waals surface area contributed by atoms with Crippen LogP contribution in [-0.2, 0) is 15.1 Å². The van der Waals surface area contributed by atoms with E-state index in [4.69, 9.17) is 9.47 Å². The van der Waals surface area contributed by atoms with Gasteiger partial charge in [0.05, 0.1) is 11.2 Å². The Hall–Kier alpha value is -2.62. The maximum atomic E-state index is 14.8. The first-order chi connectivity index (χ1) is 14.4. The van der Waals surface area contributed by atoms with Gasteiger partial charge < -0.3 is 9.47 Å². The summed E-state index contributed by atoms with van der Waals surface area (Å²) in [5, 5.41) is 0. The van der Waals surface area contributed by atoms with Crippen molar-refractivity contribution in [2.45, 2.75) is 60.2 Å². The summed E-state index contributed by atoms with van der Waals surface area (Å²) >= 11 is 0. The minimum Gasteiger partial charge on any atom is -0.482 e. The molecule has 1 atom stereocenters. The minimum atomic E-state index is -3.26. The Labute approximate surface area is 182 Å². The second-order valence-corrected chi connectivity index (χ2v) is 10.1. The summed E-state index contributed by atoms with van der Waals surface area (Å²) in [6.07, 6.45) is -3.26. The minimum absolute atomic E-state index is 0.274. The zero-order chi connectivity index (χ0) is 22.6. The number of hydrogen-bond acceptors (Lipinski definition) is 2. The lowest BCUT2D eigenvalue weighted by Gasteiger charge is -2.40. The van der Waals surface area contributed by atoms with E-state index < -0.39 is 17.1 Å². The number of benzene rings is 2. The molecular weight excluding hydrogens is 394 g/mol. The van der Waals surface area contributed by atoms with Crippen molar-refractivity contribution in [1.82, 2.24) is 0 Å². The van der Waals surface area contributed by atoms with E-state index >= 15 is 0 Å². The van der Waals surface area contributed by atoms with Crippen LogP contribution in [0.5, 0.6) is 0 Å². The third-order valence-electron chi connectivity index (χ3n) is 8.15. The molecule has 4 heteroatoms. The van der Waals surface area contributed by atoms with Crippen molar-refractivity contribution in [3.63, 3.8) is 0 Å². The Bertz CT molecular complexity index is 1200. The molecule has 0 saturated carbocycles. The Kier molecular flexibility index (Phi) is 3.79. The number of allylic oxidation sites excluding steroid dienone is 1. The highest BCUT2D eigenvalue weighted by Gasteiger charge is 2.62. The predicted octanol–water partition coefficient (Wildman–Crippen LogP) is 7.64. The Morgan fingerprint density at radius 1 is 0.677 bits per heavy atom. The highest BCUT2D eigenvalue weighted by molar-refractivity contribution is 5.90. The van der Waals surface area contributed by atoms with Crippen molar-refractivity contribution in [1.29, 1.82) is 0 Å². The van der Waals surface area contributed by atoms with Crippen molar-refractivity contribution >= 4 is 5.76 Å². The largest absolute Gasteiger partial charge is 0.482 e. The van der Waals surface area contributed by atoms with Gasteiger partial charge in [0, 0.05) is 27.7 Å². The van der Waals surface area contributed by atoms with Gasteiger partial charge in [0.25, 0.3) is 0 Å². The first kappa shape index (κ1) is 20.3. The molecule has 5 rings (SSSR count). The van der Waals surface area contributed by atoms with Crippen LogP contribution in [0.4, 0.5) is 8.78 Å². The maximum Gasteiger partial charge on any atom is 0.407 e. The molecule has 1 spiro atoms. The average Bonchev–Trinajstić information content (AvgIpc) is 3.17. The van der Waals surface area contributed by atoms with Crippen LogP contribution in [0.25, 0.3) is 16.9 Å². The van der Waals surface area contributed by atoms with E-state index in [9.17, 15) is 8.78 Å². The molecule has 0 fully saturated rings. The van der Waals surface area contributed by atoms with E-state index in [0.29, 0.717) is 11.1 Å². The van der Waals surface area contributed by atoms with Gasteiger partial charge in [-0.2, -0.15) is 8.78 Å². The fourth-order valence-electron chi connectivity index (χ4n) is 5.49. The van der Waals surface area contributed by atoms with Gasteiger partial charge in [0.2, 0.25) is 0 Å². The van der Waals surface area contributed by atoms with Crippen LogP contribution >= 0.6 is 0 Å². The van der Waals surface area contributed by atoms with Crippen molar-refractivity contribution in [2.75, 3.05) is 0 Å². The monoisotopic (exact) mass is 422 g/mol. The molecular formula is C27H28F2O2. The first-order valence-electron chi connectivity index (χ1n) is 10.8. The maximum absolute atomic E-state index is 14.8. The van der Waals surface area contributed by atoms with Gasteiger partial charge in [0.15, 0.2) is 5.60 Å². The topological polar surface area (TPSA) is 18.5 Å². The number of hydrogen-bond donors (Lipinski definition) is 0. The summed E-state index contributed by atoms with van der Waals surface area (Å²) in [6, 6.07) is 14.0. The van der Waals surface area contributed by atoms with Gasteiger partial charge in [-0.3, -0.25) is 0 Å². The van der Waals surface area contributed by atoms with E-state index in [1.807, 2.05) is 31.2 Å². The van der Waals surface area contributed by atoms with E-state index in [1.165, 1.54) is 19.4 Å². The molecule has 2 nitrogen and oxygen atoms in total. The number of alkyl halides is 2. The number of halogens is 2. The molecule has 1 aliphatic carbocycles. The molecule has 2 heterocycles. The molecule has 3 aliphatic rings. The lowest BCUT2D eigenvalue weighted by Crippen LogP contribution is -2.40. The zero-order valence-corrected chi connectivity index (χ0v) is 19.1. The summed E-state index contributed by atoms with van der Waals surface area (Å²) in [7, 11) is 0. The molecule has 0 N–H and O–H groups in total. The van der Waals surface area contributed by atoms with Gasteiger partial charge in [-0.1, -0.05) is 56.3 Å². The Balaban J connectivity index is 1.84. The second kappa shape index (κ2) is 5.79. The van der Waals surface area contributed by atoms with Crippen LogP contribution in [0.1, 0.15) is 65.2 Å². The lowest BCUT2D eigenvalue weighted by molar-refractivity contribution is -0.236. The molecule has 2 aromatic rings. The van der Waals surface area contributed by atoms with E-state index in [1.54, 1.807) is 6.92 Å². The SMILES string of the molecule is CC1=C(C)C(C)(C)C2(O1)c1ccccc1-c1c(C3=C(C)C(C)(C)C(F)(F)O3)cccc12. The van der Waals surface area contributed by atoms with Crippen LogP contribution in [0.2, 0.25) is 0 Å². The molecule has 0 radical (unpaired) electrons. The molecule has 0 amide bonds. The summed E-state index contributed by atoms with van der Waals surface area (Å²) in [6.45, 7) is 13.3. The Morgan fingerprint density at radius 2 is 1.29 bits per heavy atom. The second-order valence-electron chi connectivity index (χ2n) is 10.1. The highest BCUT2D eigenvalue weighted by Crippen LogP contribution is 2.66. The van der Waals surface area contributed by atoms with Gasteiger partial charge in [-0.05, 0) is 51.3 Å². The van der Waals surface area contributed by atoms with Gasteiger partial charge in [-0.15, -0.1) is 0 Å². The fraction of sp³-hybridized carbons (Fsp3) is 0.407. The molecule has 0 aromatic heterocycles. The molecule has 31 heavy (non-hydrogen) atoms. The summed E-state index contributed by atoms with van der Waals surface area (Å²) < 4.78 is 41.6. The van der Waals surface area contributed by atoms with Crippen molar-refractivity contribution < 1.29 is 18.3 Å². The summed E-state index contributed by atoms with van der Waals surface area (Å²) in [5.74, 6) is 1.19. The quantitative estimate of drug-likeness (QED) is 0.470. The summed E-state index contributed by atoms with van der Waals surface area (Å²) in [5.41, 5.74) is 4.09. The number of rotatable bonds is 1. The first-order valence-corrected chi connectivity index (χ1v) is 10.8. The van der Waals surface area contributed by atoms with Crippen LogP contribution in [-0.4, -0.2) is 6.11 Å². The van der Waals surface area contributed by atoms with Crippen molar-refractivity contribution in [3.05, 3.63) is 76.1 Å². The molecule has 1 unspecified atom stereocenters. The lowest BCUT2D eigenvalue weighted by atomic mass is 9.67. The fourth-order valence-corrected chi connectivity index (χ4v) is 5.49. The van der Waals surface area contributed by atoms with E-state index in [0.717, 1.165) is 28.0 Å². The zero-order valence-electron chi connectivity index (χ0n) is 19.1. The molecule has 0 bridgehead atoms. The third-order valence-corrected chi connectivity index (χ3v) is 8.15. The van der Waals surface area contributed by atoms with Gasteiger partial charge in [-0.25, -0.2) is 0 Å². The van der Waals surface area contributed by atoms with Crippen LogP contribution < -0.4 is 0 Å². The average molecular weight is 423 g/mol. The van der Waals surface area contributed by atoms with Gasteiger partial charge in [0.1, 0.15) is 5.76 Å². The highest BCUT2D eigenvalue weighted by atomic mass is 19.3. The predicted molar refractivity (Wildman–Crippen MR) is 118 cm³/mol. The number of ether oxygens (including phenoxy) is 2.